The van der Waals surface area contributed by atoms with E-state index in [1.807, 2.05) is 0 Å². The lowest BCUT2D eigenvalue weighted by Crippen LogP contribution is -2.46. The van der Waals surface area contributed by atoms with Crippen molar-refractivity contribution in [2.45, 2.75) is 16.6 Å². The number of halogens is 2. The largest absolute Gasteiger partial charge is 0.468 e. The molecule has 0 radical (unpaired) electrons. The predicted octanol–water partition coefficient (Wildman–Crippen LogP) is 1.64. The molecule has 0 aromatic heterocycles. The van der Waals surface area contributed by atoms with Gasteiger partial charge < -0.3 is 9.47 Å². The molecule has 1 aliphatic rings. The maximum atomic E-state index is 12.0. The lowest BCUT2D eigenvalue weighted by molar-refractivity contribution is -0.163. The van der Waals surface area contributed by atoms with Crippen LogP contribution in [0.4, 0.5) is 0 Å². The van der Waals surface area contributed by atoms with Crippen LogP contribution in [0, 0.1) is 5.41 Å². The highest BCUT2D eigenvalue weighted by molar-refractivity contribution is 9.25. The van der Waals surface area contributed by atoms with Crippen molar-refractivity contribution in [1.29, 1.82) is 0 Å². The van der Waals surface area contributed by atoms with E-state index in [0.717, 1.165) is 0 Å². The molecule has 1 rings (SSSR count). The number of Topliss-reactive ketones (excluding diaryl/α,β-unsaturated/α-hetero) is 1. The number of alkyl halides is 2. The lowest BCUT2D eigenvalue weighted by Gasteiger charge is -2.33. The van der Waals surface area contributed by atoms with Gasteiger partial charge in [0, 0.05) is 13.2 Å². The summed E-state index contributed by atoms with van der Waals surface area (Å²) in [6, 6.07) is 0. The number of rotatable bonds is 3. The van der Waals surface area contributed by atoms with Crippen molar-refractivity contribution in [3.63, 3.8) is 0 Å². The monoisotopic (exact) mass is 342 g/mol. The highest BCUT2D eigenvalue weighted by Gasteiger charge is 2.49. The normalized spacial score (nSPS) is 20.0. The van der Waals surface area contributed by atoms with Crippen molar-refractivity contribution in [2.24, 2.45) is 5.41 Å². The molecule has 15 heavy (non-hydrogen) atoms. The summed E-state index contributed by atoms with van der Waals surface area (Å²) in [6.07, 6.45) is 0.762. The smallest absolute Gasteiger partial charge is 0.319 e. The van der Waals surface area contributed by atoms with Gasteiger partial charge in [-0.25, -0.2) is 0 Å². The topological polar surface area (TPSA) is 52.6 Å². The van der Waals surface area contributed by atoms with Crippen LogP contribution in [0.1, 0.15) is 12.8 Å². The maximum Gasteiger partial charge on any atom is 0.319 e. The minimum atomic E-state index is -1.05. The van der Waals surface area contributed by atoms with Gasteiger partial charge in [-0.15, -0.1) is 0 Å². The molecule has 0 aromatic carbocycles. The van der Waals surface area contributed by atoms with E-state index < -0.39 is 15.1 Å². The summed E-state index contributed by atoms with van der Waals surface area (Å²) < 4.78 is 9.34. The Morgan fingerprint density at radius 1 is 1.33 bits per heavy atom. The van der Waals surface area contributed by atoms with E-state index in [2.05, 4.69) is 31.9 Å². The quantitative estimate of drug-likeness (QED) is 0.444. The van der Waals surface area contributed by atoms with Gasteiger partial charge in [-0.1, -0.05) is 31.9 Å². The van der Waals surface area contributed by atoms with Gasteiger partial charge in [-0.3, -0.25) is 9.59 Å². The number of carbonyl (C=O) groups is 2. The van der Waals surface area contributed by atoms with Crippen molar-refractivity contribution in [2.75, 3.05) is 20.3 Å². The van der Waals surface area contributed by atoms with E-state index in [1.54, 1.807) is 0 Å². The summed E-state index contributed by atoms with van der Waals surface area (Å²) in [4.78, 5) is 23.7. The molecular formula is C9H12Br2O4. The summed E-state index contributed by atoms with van der Waals surface area (Å²) in [5.41, 5.74) is -1.05. The van der Waals surface area contributed by atoms with Gasteiger partial charge >= 0.3 is 5.97 Å². The third-order valence-corrected chi connectivity index (χ3v) is 3.42. The molecule has 0 spiro atoms. The second kappa shape index (κ2) is 5.41. The van der Waals surface area contributed by atoms with E-state index >= 15 is 0 Å². The number of ether oxygens (including phenoxy) is 2. The minimum absolute atomic E-state index is 0.197. The van der Waals surface area contributed by atoms with Crippen molar-refractivity contribution in [1.82, 2.24) is 0 Å². The number of esters is 1. The molecule has 0 N–H and O–H groups in total. The van der Waals surface area contributed by atoms with Crippen LogP contribution in [0.5, 0.6) is 0 Å². The molecular weight excluding hydrogens is 332 g/mol. The number of hydrogen-bond acceptors (Lipinski definition) is 4. The van der Waals surface area contributed by atoms with Crippen LogP contribution in [0.15, 0.2) is 0 Å². The van der Waals surface area contributed by atoms with Gasteiger partial charge in [-0.05, 0) is 12.8 Å². The molecule has 0 aromatic rings. The van der Waals surface area contributed by atoms with Crippen molar-refractivity contribution in [3.05, 3.63) is 0 Å². The van der Waals surface area contributed by atoms with Gasteiger partial charge in [0.2, 0.25) is 0 Å². The fourth-order valence-electron chi connectivity index (χ4n) is 1.68. The van der Waals surface area contributed by atoms with Crippen LogP contribution in [0.3, 0.4) is 0 Å². The Balaban J connectivity index is 2.94. The van der Waals surface area contributed by atoms with Crippen LogP contribution >= 0.6 is 31.9 Å². The Morgan fingerprint density at radius 2 is 1.87 bits per heavy atom. The Morgan fingerprint density at radius 3 is 2.27 bits per heavy atom. The summed E-state index contributed by atoms with van der Waals surface area (Å²) in [5, 5.41) is 0. The first-order chi connectivity index (χ1) is 7.04. The lowest BCUT2D eigenvalue weighted by atomic mass is 9.77. The van der Waals surface area contributed by atoms with Crippen LogP contribution < -0.4 is 0 Å². The molecule has 0 unspecified atom stereocenters. The first-order valence-electron chi connectivity index (χ1n) is 4.53. The molecule has 1 fully saturated rings. The summed E-state index contributed by atoms with van der Waals surface area (Å²) >= 11 is 6.25. The van der Waals surface area contributed by atoms with E-state index in [0.29, 0.717) is 26.1 Å². The van der Waals surface area contributed by atoms with Crippen LogP contribution in [-0.2, 0) is 19.1 Å². The highest BCUT2D eigenvalue weighted by atomic mass is 79.9. The maximum absolute atomic E-state index is 12.0. The number of methoxy groups -OCH3 is 1. The van der Waals surface area contributed by atoms with Crippen LogP contribution in [0.25, 0.3) is 0 Å². The van der Waals surface area contributed by atoms with E-state index in [4.69, 9.17) is 9.47 Å². The molecule has 1 saturated heterocycles. The fourth-order valence-corrected chi connectivity index (χ4v) is 2.55. The van der Waals surface area contributed by atoms with Crippen molar-refractivity contribution in [3.8, 4) is 0 Å². The third-order valence-electron chi connectivity index (χ3n) is 2.59. The van der Waals surface area contributed by atoms with Gasteiger partial charge in [-0.2, -0.15) is 0 Å². The average molecular weight is 344 g/mol. The first-order valence-corrected chi connectivity index (χ1v) is 6.36. The van der Waals surface area contributed by atoms with Gasteiger partial charge in [0.25, 0.3) is 0 Å². The predicted molar refractivity (Wildman–Crippen MR) is 61.2 cm³/mol. The van der Waals surface area contributed by atoms with Gasteiger partial charge in [0.15, 0.2) is 5.78 Å². The fraction of sp³-hybridized carbons (Fsp3) is 0.778. The molecule has 0 atom stereocenters. The highest BCUT2D eigenvalue weighted by Crippen LogP contribution is 2.36. The summed E-state index contributed by atoms with van der Waals surface area (Å²) in [7, 11) is 1.30. The second-order valence-electron chi connectivity index (χ2n) is 3.35. The molecule has 1 aliphatic heterocycles. The Bertz CT molecular complexity index is 259. The molecule has 1 heterocycles. The first kappa shape index (κ1) is 13.1. The molecule has 86 valence electrons. The van der Waals surface area contributed by atoms with Crippen LogP contribution in [-0.4, -0.2) is 35.8 Å². The zero-order valence-corrected chi connectivity index (χ0v) is 11.5. The Labute approximate surface area is 105 Å². The van der Waals surface area contributed by atoms with Crippen molar-refractivity contribution < 1.29 is 19.1 Å². The molecule has 0 bridgehead atoms. The van der Waals surface area contributed by atoms with Gasteiger partial charge in [0.1, 0.15) is 9.15 Å². The Kier molecular flexibility index (Phi) is 4.73. The summed E-state index contributed by atoms with van der Waals surface area (Å²) in [5.74, 6) is -0.669. The van der Waals surface area contributed by atoms with Crippen LogP contribution in [0.2, 0.25) is 0 Å². The Hall–Kier alpha value is 0.0600. The molecule has 0 amide bonds. The average Bonchev–Trinajstić information content (AvgIpc) is 2.27. The van der Waals surface area contributed by atoms with E-state index in [9.17, 15) is 9.59 Å². The van der Waals surface area contributed by atoms with Gasteiger partial charge in [0.05, 0.1) is 7.11 Å². The molecule has 4 nitrogen and oxygen atoms in total. The molecule has 0 saturated carbocycles. The second-order valence-corrected chi connectivity index (χ2v) is 6.41. The zero-order valence-electron chi connectivity index (χ0n) is 8.29. The SMILES string of the molecule is COC(=O)C1(C(=O)C(Br)Br)CCOCC1. The standard InChI is InChI=1S/C9H12Br2O4/c1-14-8(13)9(6(12)7(10)11)2-4-15-5-3-9/h7H,2-5H2,1H3. The third kappa shape index (κ3) is 2.60. The van der Waals surface area contributed by atoms with E-state index in [-0.39, 0.29) is 5.78 Å². The number of carbonyl (C=O) groups excluding carboxylic acids is 2. The minimum Gasteiger partial charge on any atom is -0.468 e. The number of hydrogen-bond donors (Lipinski definition) is 0. The zero-order chi connectivity index (χ0) is 11.5. The molecule has 0 aliphatic carbocycles. The molecule has 6 heteroatoms. The summed E-state index contributed by atoms with van der Waals surface area (Å²) in [6.45, 7) is 0.821. The van der Waals surface area contributed by atoms with E-state index in [1.165, 1.54) is 7.11 Å². The number of ketones is 1. The van der Waals surface area contributed by atoms with Crippen molar-refractivity contribution >= 4 is 43.6 Å².